The number of hydrogen-bond donors (Lipinski definition) is 1. The molecule has 0 saturated carbocycles. The van der Waals surface area contributed by atoms with Gasteiger partial charge in [0.2, 0.25) is 0 Å². The maximum absolute atomic E-state index is 12.3. The average Bonchev–Trinajstić information content (AvgIpc) is 2.14. The molecule has 0 radical (unpaired) electrons. The Morgan fingerprint density at radius 1 is 1.12 bits per heavy atom. The van der Waals surface area contributed by atoms with Gasteiger partial charge in [0.05, 0.1) is 11.6 Å². The quantitative estimate of drug-likeness (QED) is 0.807. The van der Waals surface area contributed by atoms with Crippen LogP contribution in [0, 0.1) is 0 Å². The van der Waals surface area contributed by atoms with Crippen LogP contribution < -0.4 is 5.73 Å². The molecule has 0 aliphatic heterocycles. The van der Waals surface area contributed by atoms with Crippen molar-refractivity contribution in [1.82, 2.24) is 0 Å². The minimum Gasteiger partial charge on any atom is -0.319 e. The Labute approximate surface area is 93.0 Å². The third-order valence-corrected chi connectivity index (χ3v) is 2.12. The van der Waals surface area contributed by atoms with Crippen LogP contribution >= 0.6 is 11.6 Å². The van der Waals surface area contributed by atoms with E-state index in [1.807, 2.05) is 0 Å². The van der Waals surface area contributed by atoms with E-state index in [1.165, 1.54) is 0 Å². The van der Waals surface area contributed by atoms with Crippen molar-refractivity contribution >= 4 is 11.6 Å². The van der Waals surface area contributed by atoms with Crippen molar-refractivity contribution < 1.29 is 22.0 Å². The highest BCUT2D eigenvalue weighted by Crippen LogP contribution is 2.33. The van der Waals surface area contributed by atoms with Crippen molar-refractivity contribution in [3.05, 3.63) is 34.3 Å². The summed E-state index contributed by atoms with van der Waals surface area (Å²) in [6.07, 6.45) is -7.58. The van der Waals surface area contributed by atoms with Crippen molar-refractivity contribution in [2.75, 3.05) is 0 Å². The lowest BCUT2D eigenvalue weighted by atomic mass is 10.0. The Kier molecular flexibility index (Phi) is 3.75. The summed E-state index contributed by atoms with van der Waals surface area (Å²) in [7, 11) is 0. The molecule has 0 saturated heterocycles. The summed E-state index contributed by atoms with van der Waals surface area (Å²) in [6, 6.07) is 0.444. The van der Waals surface area contributed by atoms with E-state index in [2.05, 4.69) is 0 Å². The molecule has 0 aliphatic rings. The smallest absolute Gasteiger partial charge is 0.319 e. The molecule has 1 rings (SSSR count). The van der Waals surface area contributed by atoms with Crippen LogP contribution in [0.5, 0.6) is 0 Å². The highest BCUT2D eigenvalue weighted by atomic mass is 35.5. The standard InChI is InChI=1S/C9H7ClF5N/c10-6-2-4(7(16)8(11)12)1-5(3-6)9(13,14)15/h1-3,7-8H,16H2. The number of nitrogens with two attached hydrogens (primary N) is 1. The second-order valence-electron chi connectivity index (χ2n) is 3.13. The van der Waals surface area contributed by atoms with Gasteiger partial charge in [0.25, 0.3) is 6.43 Å². The molecule has 0 heterocycles. The molecule has 1 aromatic rings. The second kappa shape index (κ2) is 4.55. The predicted octanol–water partition coefficient (Wildman–Crippen LogP) is 3.62. The lowest BCUT2D eigenvalue weighted by Crippen LogP contribution is -2.19. The van der Waals surface area contributed by atoms with Crippen molar-refractivity contribution in [2.45, 2.75) is 18.6 Å². The van der Waals surface area contributed by atoms with Crippen LogP contribution in [0.15, 0.2) is 18.2 Å². The number of halogens is 6. The number of rotatable bonds is 2. The molecule has 2 N–H and O–H groups in total. The third-order valence-electron chi connectivity index (χ3n) is 1.90. The van der Waals surface area contributed by atoms with E-state index >= 15 is 0 Å². The van der Waals surface area contributed by atoms with Crippen molar-refractivity contribution in [3.8, 4) is 0 Å². The molecule has 0 spiro atoms. The molecular weight excluding hydrogens is 253 g/mol. The van der Waals surface area contributed by atoms with Gasteiger partial charge in [0.1, 0.15) is 0 Å². The minimum absolute atomic E-state index is 0.277. The first-order valence-corrected chi connectivity index (χ1v) is 4.51. The summed E-state index contributed by atoms with van der Waals surface area (Å²) >= 11 is 5.40. The van der Waals surface area contributed by atoms with Gasteiger partial charge < -0.3 is 5.73 Å². The summed E-state index contributed by atoms with van der Waals surface area (Å²) in [5, 5.41) is -0.277. The van der Waals surface area contributed by atoms with Crippen LogP contribution in [0.25, 0.3) is 0 Å². The molecule has 0 aromatic heterocycles. The van der Waals surface area contributed by atoms with Crippen LogP contribution in [0.1, 0.15) is 17.2 Å². The Morgan fingerprint density at radius 2 is 1.69 bits per heavy atom. The van der Waals surface area contributed by atoms with Crippen LogP contribution in [0.2, 0.25) is 5.02 Å². The van der Waals surface area contributed by atoms with Gasteiger partial charge in [-0.05, 0) is 23.8 Å². The molecule has 1 atom stereocenters. The van der Waals surface area contributed by atoms with Crippen molar-refractivity contribution in [3.63, 3.8) is 0 Å². The van der Waals surface area contributed by atoms with Crippen LogP contribution in [0.3, 0.4) is 0 Å². The van der Waals surface area contributed by atoms with E-state index in [-0.39, 0.29) is 10.6 Å². The molecule has 16 heavy (non-hydrogen) atoms. The fourth-order valence-corrected chi connectivity index (χ4v) is 1.36. The van der Waals surface area contributed by atoms with Gasteiger partial charge in [-0.1, -0.05) is 11.6 Å². The molecule has 0 aliphatic carbocycles. The number of benzene rings is 1. The maximum Gasteiger partial charge on any atom is 0.416 e. The van der Waals surface area contributed by atoms with Crippen LogP contribution in [0.4, 0.5) is 22.0 Å². The largest absolute Gasteiger partial charge is 0.416 e. The zero-order valence-corrected chi connectivity index (χ0v) is 8.49. The third kappa shape index (κ3) is 3.05. The van der Waals surface area contributed by atoms with Gasteiger partial charge in [-0.15, -0.1) is 0 Å². The molecule has 1 aromatic carbocycles. The zero-order valence-electron chi connectivity index (χ0n) is 7.73. The van der Waals surface area contributed by atoms with E-state index in [1.54, 1.807) is 0 Å². The molecule has 1 nitrogen and oxygen atoms in total. The highest BCUT2D eigenvalue weighted by Gasteiger charge is 2.32. The van der Waals surface area contributed by atoms with Crippen LogP contribution in [-0.2, 0) is 6.18 Å². The maximum atomic E-state index is 12.3. The Hall–Kier alpha value is -0.880. The average molecular weight is 260 g/mol. The van der Waals surface area contributed by atoms with E-state index in [0.717, 1.165) is 6.07 Å². The zero-order chi connectivity index (χ0) is 12.5. The molecule has 1 unspecified atom stereocenters. The normalized spacial score (nSPS) is 14.2. The van der Waals surface area contributed by atoms with Gasteiger partial charge >= 0.3 is 6.18 Å². The number of alkyl halides is 5. The van der Waals surface area contributed by atoms with Crippen LogP contribution in [-0.4, -0.2) is 6.43 Å². The Balaban J connectivity index is 3.18. The Bertz CT molecular complexity index is 377. The fraction of sp³-hybridized carbons (Fsp3) is 0.333. The lowest BCUT2D eigenvalue weighted by molar-refractivity contribution is -0.137. The summed E-state index contributed by atoms with van der Waals surface area (Å²) in [5.41, 5.74) is 3.61. The monoisotopic (exact) mass is 259 g/mol. The van der Waals surface area contributed by atoms with Gasteiger partial charge in [0, 0.05) is 5.02 Å². The molecule has 0 bridgehead atoms. The summed E-state index contributed by atoms with van der Waals surface area (Å²) in [4.78, 5) is 0. The van der Waals surface area contributed by atoms with E-state index in [9.17, 15) is 22.0 Å². The first-order valence-electron chi connectivity index (χ1n) is 4.13. The van der Waals surface area contributed by atoms with E-state index in [0.29, 0.717) is 12.1 Å². The fourth-order valence-electron chi connectivity index (χ4n) is 1.11. The predicted molar refractivity (Wildman–Crippen MR) is 49.4 cm³/mol. The first kappa shape index (κ1) is 13.2. The van der Waals surface area contributed by atoms with E-state index < -0.39 is 24.2 Å². The van der Waals surface area contributed by atoms with Gasteiger partial charge in [0.15, 0.2) is 0 Å². The van der Waals surface area contributed by atoms with Crippen molar-refractivity contribution in [2.24, 2.45) is 5.73 Å². The molecular formula is C9H7ClF5N. The Morgan fingerprint density at radius 3 is 2.12 bits per heavy atom. The topological polar surface area (TPSA) is 26.0 Å². The minimum atomic E-state index is -4.64. The summed E-state index contributed by atoms with van der Waals surface area (Å²) in [5.74, 6) is 0. The van der Waals surface area contributed by atoms with Gasteiger partial charge in [-0.25, -0.2) is 8.78 Å². The first-order chi connectivity index (χ1) is 7.21. The van der Waals surface area contributed by atoms with Crippen molar-refractivity contribution in [1.29, 1.82) is 0 Å². The summed E-state index contributed by atoms with van der Waals surface area (Å²) in [6.45, 7) is 0. The van der Waals surface area contributed by atoms with Gasteiger partial charge in [-0.3, -0.25) is 0 Å². The van der Waals surface area contributed by atoms with E-state index in [4.69, 9.17) is 17.3 Å². The SMILES string of the molecule is NC(c1cc(Cl)cc(C(F)(F)F)c1)C(F)F. The highest BCUT2D eigenvalue weighted by molar-refractivity contribution is 6.30. The molecule has 90 valence electrons. The summed E-state index contributed by atoms with van der Waals surface area (Å²) < 4.78 is 61.4. The van der Waals surface area contributed by atoms with Gasteiger partial charge in [-0.2, -0.15) is 13.2 Å². The molecule has 7 heteroatoms. The lowest BCUT2D eigenvalue weighted by Gasteiger charge is -2.14. The second-order valence-corrected chi connectivity index (χ2v) is 3.57. The molecule has 0 fully saturated rings. The molecule has 0 amide bonds. The number of hydrogen-bond acceptors (Lipinski definition) is 1.